The van der Waals surface area contributed by atoms with Gasteiger partial charge in [-0.25, -0.2) is 4.98 Å². The van der Waals surface area contributed by atoms with Crippen LogP contribution in [0.1, 0.15) is 48.5 Å². The lowest BCUT2D eigenvalue weighted by Gasteiger charge is -2.48. The van der Waals surface area contributed by atoms with E-state index >= 15 is 0 Å². The van der Waals surface area contributed by atoms with Gasteiger partial charge in [0.1, 0.15) is 11.7 Å². The predicted octanol–water partition coefficient (Wildman–Crippen LogP) is 4.44. The molecule has 3 aliphatic rings. The summed E-state index contributed by atoms with van der Waals surface area (Å²) in [7, 11) is 0. The van der Waals surface area contributed by atoms with Crippen LogP contribution in [-0.4, -0.2) is 84.4 Å². The Bertz CT molecular complexity index is 1100. The predicted molar refractivity (Wildman–Crippen MR) is 149 cm³/mol. The zero-order chi connectivity index (χ0) is 25.1. The highest BCUT2D eigenvalue weighted by Crippen LogP contribution is 2.30. The van der Waals surface area contributed by atoms with Crippen LogP contribution in [0.3, 0.4) is 0 Å². The van der Waals surface area contributed by atoms with Gasteiger partial charge in [-0.1, -0.05) is 40.9 Å². The lowest BCUT2D eigenvalue weighted by Crippen LogP contribution is -2.59. The van der Waals surface area contributed by atoms with E-state index in [1.165, 1.54) is 0 Å². The number of halogens is 2. The van der Waals surface area contributed by atoms with E-state index < -0.39 is 0 Å². The molecule has 0 aliphatic carbocycles. The molecule has 2 fully saturated rings. The van der Waals surface area contributed by atoms with E-state index in [4.69, 9.17) is 16.6 Å². The van der Waals surface area contributed by atoms with Crippen LogP contribution in [0, 0.1) is 0 Å². The highest BCUT2D eigenvalue weighted by molar-refractivity contribution is 9.10. The third kappa shape index (κ3) is 5.55. The number of carbonyl (C=O) groups excluding carboxylic acids is 1. The SMILES string of the molecule is CCC[C@H]1CN(c2ncc(C3=NCCN3)cc2Cl)CCN1C1CCN(C(=O)c2ccc(Br)cc2)CC1. The Hall–Kier alpha value is -2.16. The minimum atomic E-state index is 0.138. The molecular formula is C27H34BrClN6O. The lowest BCUT2D eigenvalue weighted by molar-refractivity contribution is 0.0481. The highest BCUT2D eigenvalue weighted by atomic mass is 79.9. The number of piperazine rings is 1. The van der Waals surface area contributed by atoms with Crippen molar-refractivity contribution in [2.75, 3.05) is 50.7 Å². The normalized spacial score (nSPS) is 21.4. The number of hydrogen-bond donors (Lipinski definition) is 1. The van der Waals surface area contributed by atoms with Crippen LogP contribution < -0.4 is 10.2 Å². The van der Waals surface area contributed by atoms with Gasteiger partial charge in [0, 0.05) is 73.1 Å². The second-order valence-electron chi connectivity index (χ2n) is 9.84. The fraction of sp³-hybridized carbons (Fsp3) is 0.519. The van der Waals surface area contributed by atoms with Gasteiger partial charge in [-0.15, -0.1) is 0 Å². The summed E-state index contributed by atoms with van der Waals surface area (Å²) in [5.74, 6) is 1.89. The number of rotatable bonds is 6. The van der Waals surface area contributed by atoms with Crippen molar-refractivity contribution in [2.45, 2.75) is 44.7 Å². The molecule has 1 amide bonds. The number of aliphatic imine (C=N–C) groups is 1. The first kappa shape index (κ1) is 25.5. The Morgan fingerprint density at radius 2 is 1.94 bits per heavy atom. The van der Waals surface area contributed by atoms with Gasteiger partial charge >= 0.3 is 0 Å². The van der Waals surface area contributed by atoms with Gasteiger partial charge in [0.2, 0.25) is 0 Å². The molecule has 1 aromatic heterocycles. The Morgan fingerprint density at radius 1 is 1.17 bits per heavy atom. The molecule has 9 heteroatoms. The highest BCUT2D eigenvalue weighted by Gasteiger charge is 2.35. The monoisotopic (exact) mass is 572 g/mol. The van der Waals surface area contributed by atoms with Crippen molar-refractivity contribution in [3.63, 3.8) is 0 Å². The van der Waals surface area contributed by atoms with Gasteiger partial charge in [-0.2, -0.15) is 0 Å². The molecular weight excluding hydrogens is 540 g/mol. The minimum Gasteiger partial charge on any atom is -0.368 e. The fourth-order valence-electron chi connectivity index (χ4n) is 5.69. The van der Waals surface area contributed by atoms with E-state index in [2.05, 4.69) is 43.0 Å². The molecule has 1 aromatic carbocycles. The Labute approximate surface area is 227 Å². The number of likely N-dealkylation sites (tertiary alicyclic amines) is 1. The number of benzene rings is 1. The maximum absolute atomic E-state index is 13.0. The molecule has 2 saturated heterocycles. The molecule has 2 aromatic rings. The molecule has 7 nitrogen and oxygen atoms in total. The zero-order valence-electron chi connectivity index (χ0n) is 20.8. The van der Waals surface area contributed by atoms with E-state index in [9.17, 15) is 4.79 Å². The molecule has 0 radical (unpaired) electrons. The number of nitrogens with one attached hydrogen (secondary N) is 1. The molecule has 1 atom stereocenters. The van der Waals surface area contributed by atoms with Gasteiger partial charge < -0.3 is 15.1 Å². The first-order valence-corrected chi connectivity index (χ1v) is 14.2. The van der Waals surface area contributed by atoms with Gasteiger partial charge in [-0.05, 0) is 49.6 Å². The van der Waals surface area contributed by atoms with Crippen molar-refractivity contribution in [1.29, 1.82) is 0 Å². The van der Waals surface area contributed by atoms with E-state index in [1.54, 1.807) is 0 Å². The summed E-state index contributed by atoms with van der Waals surface area (Å²) in [5.41, 5.74) is 1.72. The standard InChI is InChI=1S/C27H34BrClN6O/c1-2-3-23-18-34(26-24(29)16-20(17-32-26)25-30-10-11-31-25)14-15-35(23)22-8-12-33(13-9-22)27(36)19-4-6-21(28)7-5-19/h4-7,16-17,22-23H,2-3,8-15,18H2,1H3,(H,30,31)/t23-/m0/s1. The smallest absolute Gasteiger partial charge is 0.253 e. The van der Waals surface area contributed by atoms with Crippen LogP contribution in [-0.2, 0) is 0 Å². The molecule has 4 heterocycles. The number of anilines is 1. The van der Waals surface area contributed by atoms with Crippen LogP contribution in [0.2, 0.25) is 5.02 Å². The third-order valence-corrected chi connectivity index (χ3v) is 8.34. The van der Waals surface area contributed by atoms with Crippen molar-refractivity contribution in [3.05, 3.63) is 57.2 Å². The van der Waals surface area contributed by atoms with Crippen molar-refractivity contribution < 1.29 is 4.79 Å². The summed E-state index contributed by atoms with van der Waals surface area (Å²) in [4.78, 5) is 29.2. The molecule has 0 spiro atoms. The number of amides is 1. The Morgan fingerprint density at radius 3 is 2.61 bits per heavy atom. The van der Waals surface area contributed by atoms with Crippen molar-refractivity contribution >= 4 is 45.1 Å². The first-order valence-electron chi connectivity index (χ1n) is 13.0. The lowest BCUT2D eigenvalue weighted by atomic mass is 9.97. The molecule has 1 N–H and O–H groups in total. The molecule has 36 heavy (non-hydrogen) atoms. The minimum absolute atomic E-state index is 0.138. The first-order chi connectivity index (χ1) is 17.5. The fourth-order valence-corrected chi connectivity index (χ4v) is 6.24. The van der Waals surface area contributed by atoms with Gasteiger partial charge in [0.25, 0.3) is 5.91 Å². The Balaban J connectivity index is 1.21. The summed E-state index contributed by atoms with van der Waals surface area (Å²) < 4.78 is 0.992. The quantitative estimate of drug-likeness (QED) is 0.554. The number of carbonyl (C=O) groups is 1. The van der Waals surface area contributed by atoms with Crippen LogP contribution >= 0.6 is 27.5 Å². The van der Waals surface area contributed by atoms with E-state index in [0.29, 0.717) is 17.1 Å². The largest absolute Gasteiger partial charge is 0.368 e. The second-order valence-corrected chi connectivity index (χ2v) is 11.2. The number of amidine groups is 1. The number of piperidine rings is 1. The number of aromatic nitrogens is 1. The third-order valence-electron chi connectivity index (χ3n) is 7.53. The maximum atomic E-state index is 13.0. The zero-order valence-corrected chi connectivity index (χ0v) is 23.1. The number of nitrogens with zero attached hydrogens (tertiary/aromatic N) is 5. The van der Waals surface area contributed by atoms with Gasteiger partial charge in [-0.3, -0.25) is 14.7 Å². The molecule has 5 rings (SSSR count). The maximum Gasteiger partial charge on any atom is 0.253 e. The molecule has 0 bridgehead atoms. The molecule has 3 aliphatic heterocycles. The summed E-state index contributed by atoms with van der Waals surface area (Å²) in [5, 5.41) is 3.98. The summed E-state index contributed by atoms with van der Waals surface area (Å²) >= 11 is 10.2. The topological polar surface area (TPSA) is 64.1 Å². The summed E-state index contributed by atoms with van der Waals surface area (Å²) in [6.45, 7) is 8.37. The van der Waals surface area contributed by atoms with Crippen LogP contribution in [0.4, 0.5) is 5.82 Å². The summed E-state index contributed by atoms with van der Waals surface area (Å²) in [6.07, 6.45) is 6.21. The number of hydrogen-bond acceptors (Lipinski definition) is 6. The van der Waals surface area contributed by atoms with E-state index in [0.717, 1.165) is 98.7 Å². The van der Waals surface area contributed by atoms with Crippen molar-refractivity contribution in [3.8, 4) is 0 Å². The van der Waals surface area contributed by atoms with Gasteiger partial charge in [0.15, 0.2) is 0 Å². The van der Waals surface area contributed by atoms with E-state index in [-0.39, 0.29) is 5.91 Å². The van der Waals surface area contributed by atoms with E-state index in [1.807, 2.05) is 41.4 Å². The second kappa shape index (κ2) is 11.5. The average molecular weight is 574 g/mol. The molecule has 192 valence electrons. The number of pyridine rings is 1. The van der Waals surface area contributed by atoms with Crippen LogP contribution in [0.25, 0.3) is 0 Å². The Kier molecular flexibility index (Phi) is 8.13. The van der Waals surface area contributed by atoms with Crippen molar-refractivity contribution in [1.82, 2.24) is 20.1 Å². The molecule has 0 saturated carbocycles. The van der Waals surface area contributed by atoms with Crippen molar-refractivity contribution in [2.24, 2.45) is 4.99 Å². The van der Waals surface area contributed by atoms with Gasteiger partial charge in [0.05, 0.1) is 11.6 Å². The average Bonchev–Trinajstić information content (AvgIpc) is 3.44. The molecule has 0 unspecified atom stereocenters. The summed E-state index contributed by atoms with van der Waals surface area (Å²) in [6, 6.07) is 10.6. The van der Waals surface area contributed by atoms with Crippen LogP contribution in [0.5, 0.6) is 0 Å². The van der Waals surface area contributed by atoms with Crippen LogP contribution in [0.15, 0.2) is 46.0 Å².